The average molecular weight is 418 g/mol. The molecule has 1 aromatic heterocycles. The van der Waals surface area contributed by atoms with E-state index in [1.807, 2.05) is 43.3 Å². The molecule has 1 amide bonds. The van der Waals surface area contributed by atoms with Gasteiger partial charge in [-0.3, -0.25) is 4.79 Å². The van der Waals surface area contributed by atoms with Crippen LogP contribution in [-0.2, 0) is 0 Å². The lowest BCUT2D eigenvalue weighted by Crippen LogP contribution is -2.13. The number of rotatable bonds is 3. The van der Waals surface area contributed by atoms with Crippen molar-refractivity contribution in [3.8, 4) is 0 Å². The molecule has 6 heteroatoms. The Morgan fingerprint density at radius 1 is 1.25 bits per heavy atom. The Balaban J connectivity index is 2.21. The maximum Gasteiger partial charge on any atom is 0.265 e. The molecule has 0 aliphatic rings. The normalized spacial score (nSPS) is 10.4. The lowest BCUT2D eigenvalue weighted by Gasteiger charge is -2.17. The number of nitrogens with one attached hydrogen (secondary N) is 1. The van der Waals surface area contributed by atoms with E-state index in [-0.39, 0.29) is 5.91 Å². The number of amides is 1. The second kappa shape index (κ2) is 6.28. The Morgan fingerprint density at radius 3 is 2.50 bits per heavy atom. The van der Waals surface area contributed by atoms with E-state index < -0.39 is 0 Å². The fourth-order valence-electron chi connectivity index (χ4n) is 1.82. The predicted octanol–water partition coefficient (Wildman–Crippen LogP) is 4.90. The minimum atomic E-state index is -0.102. The first-order valence-corrected chi connectivity index (χ1v) is 8.33. The minimum absolute atomic E-state index is 0.102. The number of carbonyl (C=O) groups is 1. The van der Waals surface area contributed by atoms with E-state index in [9.17, 15) is 4.79 Å². The minimum Gasteiger partial charge on any atom is -0.377 e. The van der Waals surface area contributed by atoms with Crippen molar-refractivity contribution in [2.24, 2.45) is 0 Å². The summed E-state index contributed by atoms with van der Waals surface area (Å²) in [4.78, 5) is 14.9. The maximum atomic E-state index is 12.2. The first-order chi connectivity index (χ1) is 9.38. The SMILES string of the molecule is Cc1ccc(NC(=O)c2cc(Br)c(Br)s2)cc1N(C)C. The third-order valence-corrected chi connectivity index (χ3v) is 6.07. The van der Waals surface area contributed by atoms with E-state index in [0.29, 0.717) is 4.88 Å². The second-order valence-corrected chi connectivity index (χ2v) is 7.81. The van der Waals surface area contributed by atoms with E-state index in [1.165, 1.54) is 16.9 Å². The van der Waals surface area contributed by atoms with Crippen LogP contribution in [-0.4, -0.2) is 20.0 Å². The summed E-state index contributed by atoms with van der Waals surface area (Å²) < 4.78 is 1.81. The van der Waals surface area contributed by atoms with Crippen molar-refractivity contribution < 1.29 is 4.79 Å². The molecule has 0 spiro atoms. The molecule has 0 saturated heterocycles. The lowest BCUT2D eigenvalue weighted by atomic mass is 10.1. The van der Waals surface area contributed by atoms with Gasteiger partial charge in [-0.1, -0.05) is 6.07 Å². The van der Waals surface area contributed by atoms with Crippen LogP contribution in [0, 0.1) is 6.92 Å². The number of thiophene rings is 1. The highest BCUT2D eigenvalue weighted by Gasteiger charge is 2.13. The zero-order valence-electron chi connectivity index (χ0n) is 11.3. The van der Waals surface area contributed by atoms with Crippen LogP contribution in [0.1, 0.15) is 15.2 Å². The largest absolute Gasteiger partial charge is 0.377 e. The van der Waals surface area contributed by atoms with E-state index >= 15 is 0 Å². The Morgan fingerprint density at radius 2 is 1.95 bits per heavy atom. The molecule has 0 saturated carbocycles. The summed E-state index contributed by atoms with van der Waals surface area (Å²) in [6.07, 6.45) is 0. The van der Waals surface area contributed by atoms with E-state index in [1.54, 1.807) is 0 Å². The van der Waals surface area contributed by atoms with Crippen molar-refractivity contribution in [2.45, 2.75) is 6.92 Å². The van der Waals surface area contributed by atoms with Gasteiger partial charge in [-0.15, -0.1) is 11.3 Å². The van der Waals surface area contributed by atoms with E-state index in [4.69, 9.17) is 0 Å². The molecule has 0 unspecified atom stereocenters. The number of hydrogen-bond donors (Lipinski definition) is 1. The van der Waals surface area contributed by atoms with Gasteiger partial charge in [0, 0.05) is 29.9 Å². The molecule has 0 bridgehead atoms. The molecular weight excluding hydrogens is 404 g/mol. The first-order valence-electron chi connectivity index (χ1n) is 5.92. The molecule has 0 aliphatic heterocycles. The molecule has 1 N–H and O–H groups in total. The molecule has 106 valence electrons. The van der Waals surface area contributed by atoms with Gasteiger partial charge in [0.25, 0.3) is 5.91 Å². The average Bonchev–Trinajstić information content (AvgIpc) is 2.72. The van der Waals surface area contributed by atoms with Gasteiger partial charge in [0.15, 0.2) is 0 Å². The molecule has 3 nitrogen and oxygen atoms in total. The van der Waals surface area contributed by atoms with Crippen LogP contribution in [0.25, 0.3) is 0 Å². The van der Waals surface area contributed by atoms with Crippen LogP contribution >= 0.6 is 43.2 Å². The van der Waals surface area contributed by atoms with Gasteiger partial charge in [-0.05, 0) is 62.5 Å². The maximum absolute atomic E-state index is 12.2. The first kappa shape index (κ1) is 15.5. The van der Waals surface area contributed by atoms with Gasteiger partial charge in [0.05, 0.1) is 8.66 Å². The molecule has 20 heavy (non-hydrogen) atoms. The third kappa shape index (κ3) is 3.42. The summed E-state index contributed by atoms with van der Waals surface area (Å²) in [5, 5.41) is 2.92. The van der Waals surface area contributed by atoms with E-state index in [0.717, 1.165) is 19.6 Å². The Bertz CT molecular complexity index is 633. The van der Waals surface area contributed by atoms with Crippen molar-refractivity contribution in [1.82, 2.24) is 0 Å². The summed E-state index contributed by atoms with van der Waals surface area (Å²) >= 11 is 8.18. The van der Waals surface area contributed by atoms with Crippen molar-refractivity contribution in [3.05, 3.63) is 43.0 Å². The molecule has 1 heterocycles. The summed E-state index contributed by atoms with van der Waals surface area (Å²) in [7, 11) is 3.98. The quantitative estimate of drug-likeness (QED) is 0.770. The van der Waals surface area contributed by atoms with Gasteiger partial charge in [-0.2, -0.15) is 0 Å². The smallest absolute Gasteiger partial charge is 0.265 e. The summed E-state index contributed by atoms with van der Waals surface area (Å²) in [6.45, 7) is 2.05. The van der Waals surface area contributed by atoms with Crippen LogP contribution in [0.2, 0.25) is 0 Å². The summed E-state index contributed by atoms with van der Waals surface area (Å²) in [5.41, 5.74) is 3.07. The third-order valence-electron chi connectivity index (χ3n) is 2.82. The monoisotopic (exact) mass is 416 g/mol. The van der Waals surface area contributed by atoms with Crippen molar-refractivity contribution in [1.29, 1.82) is 0 Å². The second-order valence-electron chi connectivity index (χ2n) is 4.58. The van der Waals surface area contributed by atoms with Crippen molar-refractivity contribution in [2.75, 3.05) is 24.3 Å². The number of benzene rings is 1. The fraction of sp³-hybridized carbons (Fsp3) is 0.214. The zero-order chi connectivity index (χ0) is 14.9. The van der Waals surface area contributed by atoms with Crippen molar-refractivity contribution >= 4 is 60.5 Å². The molecule has 2 rings (SSSR count). The highest BCUT2D eigenvalue weighted by atomic mass is 79.9. The number of hydrogen-bond acceptors (Lipinski definition) is 3. The fourth-order valence-corrected chi connectivity index (χ4v) is 3.75. The van der Waals surface area contributed by atoms with Gasteiger partial charge < -0.3 is 10.2 Å². The molecule has 0 atom stereocenters. The van der Waals surface area contributed by atoms with E-state index in [2.05, 4.69) is 44.1 Å². The Labute approximate surface area is 139 Å². The number of halogens is 2. The number of aryl methyl sites for hydroxylation is 1. The zero-order valence-corrected chi connectivity index (χ0v) is 15.3. The van der Waals surface area contributed by atoms with Gasteiger partial charge in [-0.25, -0.2) is 0 Å². The molecule has 0 fully saturated rings. The Kier molecular flexibility index (Phi) is 4.88. The van der Waals surface area contributed by atoms with Crippen LogP contribution in [0.4, 0.5) is 11.4 Å². The topological polar surface area (TPSA) is 32.3 Å². The molecular formula is C14H14Br2N2OS. The van der Waals surface area contributed by atoms with Crippen molar-refractivity contribution in [3.63, 3.8) is 0 Å². The van der Waals surface area contributed by atoms with Crippen LogP contribution in [0.3, 0.4) is 0 Å². The highest BCUT2D eigenvalue weighted by molar-refractivity contribution is 9.13. The molecule has 1 aromatic carbocycles. The van der Waals surface area contributed by atoms with Crippen LogP contribution < -0.4 is 10.2 Å². The summed E-state index contributed by atoms with van der Waals surface area (Å²) in [5.74, 6) is -0.102. The van der Waals surface area contributed by atoms with Crippen LogP contribution in [0.5, 0.6) is 0 Å². The Hall–Kier alpha value is -0.850. The number of nitrogens with zero attached hydrogens (tertiary/aromatic N) is 1. The van der Waals surface area contributed by atoms with Gasteiger partial charge in [0.1, 0.15) is 0 Å². The molecule has 0 aliphatic carbocycles. The number of anilines is 2. The predicted molar refractivity (Wildman–Crippen MR) is 93.2 cm³/mol. The van der Waals surface area contributed by atoms with Crippen LogP contribution in [0.15, 0.2) is 32.5 Å². The summed E-state index contributed by atoms with van der Waals surface area (Å²) in [6, 6.07) is 7.71. The number of carbonyl (C=O) groups excluding carboxylic acids is 1. The molecule has 0 radical (unpaired) electrons. The van der Waals surface area contributed by atoms with Gasteiger partial charge in [0.2, 0.25) is 0 Å². The molecule has 2 aromatic rings. The highest BCUT2D eigenvalue weighted by Crippen LogP contribution is 2.33. The standard InChI is InChI=1S/C14H14Br2N2OS/c1-8-4-5-9(6-11(8)18(2)3)17-14(19)12-7-10(15)13(16)20-12/h4-7H,1-3H3,(H,17,19). The van der Waals surface area contributed by atoms with Gasteiger partial charge >= 0.3 is 0 Å². The lowest BCUT2D eigenvalue weighted by molar-refractivity contribution is 0.103.